The normalized spacial score (nSPS) is 12.6. The van der Waals surface area contributed by atoms with Crippen molar-refractivity contribution in [1.82, 2.24) is 0 Å². The van der Waals surface area contributed by atoms with Gasteiger partial charge < -0.3 is 5.32 Å². The van der Waals surface area contributed by atoms with Gasteiger partial charge in [-0.2, -0.15) is 0 Å². The number of rotatable bonds is 6. The molecule has 34 heavy (non-hydrogen) atoms. The van der Waals surface area contributed by atoms with E-state index in [4.69, 9.17) is 11.6 Å². The molecule has 5 rings (SSSR count). The number of sulfonamides is 1. The number of carbonyl (C=O) groups is 1. The SMILES string of the molecule is Cc1cc(Cl)ccc1N(CC(=O)Nc1ccc2c3c(cccc13)CC2)S(=O)(=O)c1ccccc1. The number of aryl methyl sites for hydroxylation is 3. The van der Waals surface area contributed by atoms with Crippen LogP contribution in [0.3, 0.4) is 0 Å². The predicted molar refractivity (Wildman–Crippen MR) is 137 cm³/mol. The second kappa shape index (κ2) is 8.78. The van der Waals surface area contributed by atoms with Gasteiger partial charge in [0.25, 0.3) is 10.0 Å². The lowest BCUT2D eigenvalue weighted by atomic mass is 10.0. The van der Waals surface area contributed by atoms with Crippen molar-refractivity contribution < 1.29 is 13.2 Å². The topological polar surface area (TPSA) is 66.5 Å². The Morgan fingerprint density at radius 3 is 2.41 bits per heavy atom. The molecule has 0 aliphatic heterocycles. The molecule has 7 heteroatoms. The lowest BCUT2D eigenvalue weighted by Gasteiger charge is -2.26. The minimum Gasteiger partial charge on any atom is -0.324 e. The molecule has 0 fully saturated rings. The number of nitrogens with zero attached hydrogens (tertiary/aromatic N) is 1. The predicted octanol–water partition coefficient (Wildman–Crippen LogP) is 5.73. The van der Waals surface area contributed by atoms with Crippen molar-refractivity contribution in [2.45, 2.75) is 24.7 Å². The Hall–Kier alpha value is -3.35. The third kappa shape index (κ3) is 4.04. The Bertz CT molecular complexity index is 1510. The largest absolute Gasteiger partial charge is 0.324 e. The maximum Gasteiger partial charge on any atom is 0.264 e. The van der Waals surface area contributed by atoms with Crippen molar-refractivity contribution in [3.05, 3.63) is 101 Å². The standard InChI is InChI=1S/C27H23ClN2O3S/c1-18-16-21(28)13-15-25(18)30(34(32,33)22-7-3-2-4-8-22)17-26(31)29-24-14-12-20-11-10-19-6-5-9-23(24)27(19)20/h2-9,12-16H,10-11,17H2,1H3,(H,29,31). The minimum atomic E-state index is -3.99. The molecular formula is C27H23ClN2O3S. The molecule has 4 aromatic carbocycles. The average molecular weight is 491 g/mol. The summed E-state index contributed by atoms with van der Waals surface area (Å²) in [4.78, 5) is 13.4. The molecule has 172 valence electrons. The molecule has 0 aromatic heterocycles. The zero-order valence-electron chi connectivity index (χ0n) is 18.6. The molecule has 0 saturated heterocycles. The van der Waals surface area contributed by atoms with E-state index in [2.05, 4.69) is 11.4 Å². The Morgan fingerprint density at radius 1 is 0.941 bits per heavy atom. The van der Waals surface area contributed by atoms with Crippen LogP contribution in [0.5, 0.6) is 0 Å². The van der Waals surface area contributed by atoms with Crippen LogP contribution in [-0.2, 0) is 27.7 Å². The molecular weight excluding hydrogens is 468 g/mol. The molecule has 0 radical (unpaired) electrons. The highest BCUT2D eigenvalue weighted by Gasteiger charge is 2.28. The lowest BCUT2D eigenvalue weighted by Crippen LogP contribution is -2.38. The fourth-order valence-corrected chi connectivity index (χ4v) is 6.33. The third-order valence-electron chi connectivity index (χ3n) is 6.20. The van der Waals surface area contributed by atoms with Crippen LogP contribution in [0, 0.1) is 6.92 Å². The summed E-state index contributed by atoms with van der Waals surface area (Å²) in [6.45, 7) is 1.40. The van der Waals surface area contributed by atoms with Crippen molar-refractivity contribution in [3.8, 4) is 0 Å². The molecule has 0 heterocycles. The van der Waals surface area contributed by atoms with Gasteiger partial charge in [-0.25, -0.2) is 8.42 Å². The maximum absolute atomic E-state index is 13.6. The summed E-state index contributed by atoms with van der Waals surface area (Å²) in [5.74, 6) is -0.424. The Morgan fingerprint density at radius 2 is 1.68 bits per heavy atom. The number of hydrogen-bond donors (Lipinski definition) is 1. The van der Waals surface area contributed by atoms with E-state index in [-0.39, 0.29) is 11.4 Å². The summed E-state index contributed by atoms with van der Waals surface area (Å²) < 4.78 is 28.3. The molecule has 1 aliphatic carbocycles. The molecule has 0 atom stereocenters. The van der Waals surface area contributed by atoms with Crippen LogP contribution in [0.15, 0.2) is 83.8 Å². The van der Waals surface area contributed by atoms with Crippen LogP contribution < -0.4 is 9.62 Å². The molecule has 4 aromatic rings. The van der Waals surface area contributed by atoms with Crippen LogP contribution in [-0.4, -0.2) is 20.9 Å². The molecule has 0 unspecified atom stereocenters. The third-order valence-corrected chi connectivity index (χ3v) is 8.21. The van der Waals surface area contributed by atoms with Gasteiger partial charge in [-0.15, -0.1) is 0 Å². The zero-order chi connectivity index (χ0) is 23.9. The minimum absolute atomic E-state index is 0.113. The number of carbonyl (C=O) groups excluding carboxylic acids is 1. The van der Waals surface area contributed by atoms with Crippen molar-refractivity contribution in [3.63, 3.8) is 0 Å². The smallest absolute Gasteiger partial charge is 0.264 e. The first kappa shape index (κ1) is 22.4. The average Bonchev–Trinajstić information content (AvgIpc) is 3.25. The van der Waals surface area contributed by atoms with Gasteiger partial charge in [-0.3, -0.25) is 9.10 Å². The monoisotopic (exact) mass is 490 g/mol. The summed E-state index contributed by atoms with van der Waals surface area (Å²) in [6.07, 6.45) is 1.98. The number of amides is 1. The molecule has 0 spiro atoms. The number of benzene rings is 4. The molecule has 1 N–H and O–H groups in total. The lowest BCUT2D eigenvalue weighted by molar-refractivity contribution is -0.114. The second-order valence-electron chi connectivity index (χ2n) is 8.42. The van der Waals surface area contributed by atoms with Gasteiger partial charge in [0, 0.05) is 16.1 Å². The number of hydrogen-bond acceptors (Lipinski definition) is 3. The van der Waals surface area contributed by atoms with Crippen LogP contribution in [0.1, 0.15) is 16.7 Å². The van der Waals surface area contributed by atoms with E-state index in [1.54, 1.807) is 43.3 Å². The zero-order valence-corrected chi connectivity index (χ0v) is 20.2. The summed E-state index contributed by atoms with van der Waals surface area (Å²) in [7, 11) is -3.99. The Labute approximate surface area is 204 Å². The highest BCUT2D eigenvalue weighted by Crippen LogP contribution is 2.35. The molecule has 1 aliphatic rings. The molecule has 0 bridgehead atoms. The second-order valence-corrected chi connectivity index (χ2v) is 10.7. The number of halogens is 1. The van der Waals surface area contributed by atoms with Gasteiger partial charge in [0.15, 0.2) is 0 Å². The van der Waals surface area contributed by atoms with Gasteiger partial charge in [0.2, 0.25) is 5.91 Å². The van der Waals surface area contributed by atoms with E-state index in [0.29, 0.717) is 22.0 Å². The van der Waals surface area contributed by atoms with Gasteiger partial charge in [0.1, 0.15) is 6.54 Å². The number of nitrogens with one attached hydrogen (secondary N) is 1. The van der Waals surface area contributed by atoms with Crippen molar-refractivity contribution in [2.24, 2.45) is 0 Å². The van der Waals surface area contributed by atoms with Crippen molar-refractivity contribution >= 4 is 49.7 Å². The highest BCUT2D eigenvalue weighted by molar-refractivity contribution is 7.92. The van der Waals surface area contributed by atoms with Crippen molar-refractivity contribution in [1.29, 1.82) is 0 Å². The van der Waals surface area contributed by atoms with E-state index in [1.165, 1.54) is 28.6 Å². The van der Waals surface area contributed by atoms with E-state index in [9.17, 15) is 13.2 Å². The highest BCUT2D eigenvalue weighted by atomic mass is 35.5. The van der Waals surface area contributed by atoms with Gasteiger partial charge in [0.05, 0.1) is 10.6 Å². The maximum atomic E-state index is 13.6. The van der Waals surface area contributed by atoms with E-state index in [1.807, 2.05) is 24.3 Å². The summed E-state index contributed by atoms with van der Waals surface area (Å²) in [5, 5.41) is 5.60. The van der Waals surface area contributed by atoms with E-state index >= 15 is 0 Å². The van der Waals surface area contributed by atoms with Crippen molar-refractivity contribution in [2.75, 3.05) is 16.2 Å². The van der Waals surface area contributed by atoms with Crippen LogP contribution in [0.4, 0.5) is 11.4 Å². The summed E-state index contributed by atoms with van der Waals surface area (Å²) >= 11 is 6.10. The molecule has 1 amide bonds. The first-order valence-electron chi connectivity index (χ1n) is 11.0. The number of anilines is 2. The fraction of sp³-hybridized carbons (Fsp3) is 0.148. The van der Waals surface area contributed by atoms with Crippen LogP contribution in [0.2, 0.25) is 5.02 Å². The Kier molecular flexibility index (Phi) is 5.80. The van der Waals surface area contributed by atoms with Crippen LogP contribution >= 0.6 is 11.6 Å². The van der Waals surface area contributed by atoms with Crippen LogP contribution in [0.25, 0.3) is 10.8 Å². The molecule has 0 saturated carbocycles. The van der Waals surface area contributed by atoms with E-state index in [0.717, 1.165) is 22.5 Å². The van der Waals surface area contributed by atoms with Gasteiger partial charge in [-0.1, -0.05) is 54.1 Å². The summed E-state index contributed by atoms with van der Waals surface area (Å²) in [5.41, 5.74) is 4.29. The van der Waals surface area contributed by atoms with E-state index < -0.39 is 15.9 Å². The van der Waals surface area contributed by atoms with Gasteiger partial charge in [-0.05, 0) is 78.2 Å². The van der Waals surface area contributed by atoms with Gasteiger partial charge >= 0.3 is 0 Å². The first-order chi connectivity index (χ1) is 16.3. The quantitative estimate of drug-likeness (QED) is 0.375. The molecule has 5 nitrogen and oxygen atoms in total. The fourth-order valence-electron chi connectivity index (χ4n) is 4.59. The summed E-state index contributed by atoms with van der Waals surface area (Å²) in [6, 6.07) is 23.1. The first-order valence-corrected chi connectivity index (χ1v) is 12.8. The Balaban J connectivity index is 1.51.